The molecule has 2 aliphatic heterocycles. The third-order valence-electron chi connectivity index (χ3n) is 8.85. The predicted molar refractivity (Wildman–Crippen MR) is 155 cm³/mol. The molecular formula is C32H36F3N5O3. The lowest BCUT2D eigenvalue weighted by molar-refractivity contribution is -0.148. The highest BCUT2D eigenvalue weighted by Gasteiger charge is 2.60. The number of likely N-dealkylation sites (tertiary alicyclic amines) is 2. The molecule has 1 aliphatic carbocycles. The molecule has 2 unspecified atom stereocenters. The Morgan fingerprint density at radius 1 is 1.14 bits per heavy atom. The number of amides is 2. The van der Waals surface area contributed by atoms with Crippen molar-refractivity contribution in [2.24, 2.45) is 27.7 Å². The fourth-order valence-corrected chi connectivity index (χ4v) is 5.99. The summed E-state index contributed by atoms with van der Waals surface area (Å²) in [6.45, 7) is 10.6. The molecule has 228 valence electrons. The minimum atomic E-state index is -4.35. The number of alkyl halides is 3. The summed E-state index contributed by atoms with van der Waals surface area (Å²) in [5.74, 6) is 0.0929. The molecule has 1 aromatic heterocycles. The third kappa shape index (κ3) is 6.87. The molecular weight excluding hydrogens is 559 g/mol. The fraction of sp³-hybridized carbons (Fsp3) is 0.469. The van der Waals surface area contributed by atoms with Gasteiger partial charge in [-0.1, -0.05) is 38.1 Å². The minimum Gasteiger partial charge on any atom is -0.375 e. The number of carbonyl (C=O) groups excluding carboxylic acids is 2. The molecule has 3 aliphatic rings. The Bertz CT molecular complexity index is 1400. The van der Waals surface area contributed by atoms with Crippen LogP contribution in [0.25, 0.3) is 0 Å². The van der Waals surface area contributed by atoms with E-state index in [1.54, 1.807) is 17.1 Å². The second-order valence-corrected chi connectivity index (χ2v) is 12.4. The average molecular weight is 596 g/mol. The van der Waals surface area contributed by atoms with Gasteiger partial charge in [-0.25, -0.2) is 4.98 Å². The first kappa shape index (κ1) is 30.6. The number of hydrogen-bond acceptors (Lipinski definition) is 6. The fourth-order valence-electron chi connectivity index (χ4n) is 5.99. The van der Waals surface area contributed by atoms with Crippen molar-refractivity contribution in [3.63, 3.8) is 0 Å². The van der Waals surface area contributed by atoms with Crippen molar-refractivity contribution in [1.82, 2.24) is 19.8 Å². The van der Waals surface area contributed by atoms with Gasteiger partial charge in [-0.3, -0.25) is 19.6 Å². The van der Waals surface area contributed by atoms with Crippen molar-refractivity contribution >= 4 is 18.5 Å². The highest BCUT2D eigenvalue weighted by Crippen LogP contribution is 2.54. The molecule has 2 atom stereocenters. The van der Waals surface area contributed by atoms with E-state index in [1.807, 2.05) is 11.0 Å². The van der Waals surface area contributed by atoms with Crippen LogP contribution in [0.2, 0.25) is 0 Å². The summed E-state index contributed by atoms with van der Waals surface area (Å²) in [6.07, 6.45) is 6.86. The van der Waals surface area contributed by atoms with Gasteiger partial charge in [0.1, 0.15) is 5.69 Å². The Balaban J connectivity index is 1.17. The van der Waals surface area contributed by atoms with E-state index in [0.717, 1.165) is 24.1 Å². The first-order chi connectivity index (χ1) is 20.4. The summed E-state index contributed by atoms with van der Waals surface area (Å²) in [4.78, 5) is 42.1. The number of allylic oxidation sites excluding steroid dienone is 3. The van der Waals surface area contributed by atoms with Crippen LogP contribution in [0.1, 0.15) is 41.9 Å². The third-order valence-corrected chi connectivity index (χ3v) is 8.85. The number of carbonyl (C=O) groups is 2. The van der Waals surface area contributed by atoms with Crippen LogP contribution in [0.3, 0.4) is 0 Å². The smallest absolute Gasteiger partial charge is 0.375 e. The van der Waals surface area contributed by atoms with E-state index in [2.05, 4.69) is 35.5 Å². The summed E-state index contributed by atoms with van der Waals surface area (Å²) in [6, 6.07) is 5.07. The van der Waals surface area contributed by atoms with E-state index < -0.39 is 11.7 Å². The summed E-state index contributed by atoms with van der Waals surface area (Å²) >= 11 is 0. The van der Waals surface area contributed by atoms with E-state index in [4.69, 9.17) is 4.74 Å². The van der Waals surface area contributed by atoms with Crippen molar-refractivity contribution in [2.75, 3.05) is 39.4 Å². The van der Waals surface area contributed by atoms with E-state index in [9.17, 15) is 22.8 Å². The van der Waals surface area contributed by atoms with Crippen LogP contribution in [0.15, 0.2) is 71.8 Å². The highest BCUT2D eigenvalue weighted by molar-refractivity contribution is 5.92. The second kappa shape index (κ2) is 12.0. The van der Waals surface area contributed by atoms with Crippen LogP contribution in [0.5, 0.6) is 0 Å². The molecule has 43 heavy (non-hydrogen) atoms. The van der Waals surface area contributed by atoms with Crippen LogP contribution in [-0.4, -0.2) is 77.7 Å². The maximum atomic E-state index is 13.2. The van der Waals surface area contributed by atoms with E-state index in [1.165, 1.54) is 30.7 Å². The lowest BCUT2D eigenvalue weighted by Crippen LogP contribution is -2.63. The van der Waals surface area contributed by atoms with Crippen molar-refractivity contribution in [3.05, 3.63) is 83.6 Å². The number of hydrogen-bond donors (Lipinski definition) is 0. The maximum absolute atomic E-state index is 13.2. The SMILES string of the molecule is C=N/C(=C\C=C/Cc1ccc(C(F)(F)F)cc1)COCC1CN(C(=O)c2cnccn2)CC12CN(C(=O)C1CC1(C)C)C2. The first-order valence-electron chi connectivity index (χ1n) is 14.3. The second-order valence-electron chi connectivity index (χ2n) is 12.4. The van der Waals surface area contributed by atoms with Gasteiger partial charge in [0.25, 0.3) is 5.91 Å². The van der Waals surface area contributed by atoms with Gasteiger partial charge in [0.2, 0.25) is 5.91 Å². The van der Waals surface area contributed by atoms with Gasteiger partial charge >= 0.3 is 6.18 Å². The van der Waals surface area contributed by atoms with E-state index in [-0.39, 0.29) is 46.8 Å². The molecule has 0 N–H and O–H groups in total. The van der Waals surface area contributed by atoms with Gasteiger partial charge in [-0.05, 0) is 48.7 Å². The molecule has 8 nitrogen and oxygen atoms in total. The molecule has 0 bridgehead atoms. The number of benzene rings is 1. The van der Waals surface area contributed by atoms with E-state index in [0.29, 0.717) is 44.9 Å². The van der Waals surface area contributed by atoms with Crippen molar-refractivity contribution < 1.29 is 27.5 Å². The first-order valence-corrected chi connectivity index (χ1v) is 14.3. The standard InChI is InChI=1S/C32H36F3N5O3/c1-30(2)14-26(30)28(41)40-20-31(21-40)19-39(29(42)27-15-37-12-13-38-27)16-24(31)17-43-18-25(36-3)7-5-4-6-22-8-10-23(11-9-22)32(33,34)35/h4-5,7-13,15,24,26H,3,6,14,16-21H2,1-2H3/b5-4-,25-7-. The Hall–Kier alpha value is -3.86. The molecule has 11 heteroatoms. The predicted octanol–water partition coefficient (Wildman–Crippen LogP) is 4.84. The number of ether oxygens (including phenoxy) is 1. The zero-order chi connectivity index (χ0) is 30.8. The Morgan fingerprint density at radius 2 is 1.84 bits per heavy atom. The number of aromatic nitrogens is 2. The van der Waals surface area contributed by atoms with Gasteiger partial charge in [-0.15, -0.1) is 0 Å². The molecule has 1 spiro atoms. The molecule has 1 saturated carbocycles. The summed E-state index contributed by atoms with van der Waals surface area (Å²) in [5, 5.41) is 0. The number of halogens is 3. The van der Waals surface area contributed by atoms with Crippen LogP contribution in [-0.2, 0) is 22.1 Å². The summed E-state index contributed by atoms with van der Waals surface area (Å²) in [5.41, 5.74) is 0.777. The minimum absolute atomic E-state index is 0.0191. The van der Waals surface area contributed by atoms with Gasteiger partial charge in [-0.2, -0.15) is 13.2 Å². The van der Waals surface area contributed by atoms with Crippen LogP contribution in [0, 0.1) is 22.7 Å². The monoisotopic (exact) mass is 595 g/mol. The summed E-state index contributed by atoms with van der Waals surface area (Å²) < 4.78 is 44.4. The largest absolute Gasteiger partial charge is 0.416 e. The van der Waals surface area contributed by atoms with Gasteiger partial charge < -0.3 is 14.5 Å². The Kier molecular flexibility index (Phi) is 8.56. The van der Waals surface area contributed by atoms with Crippen molar-refractivity contribution in [1.29, 1.82) is 0 Å². The van der Waals surface area contributed by atoms with Crippen LogP contribution in [0.4, 0.5) is 13.2 Å². The normalized spacial score (nSPS) is 22.6. The van der Waals surface area contributed by atoms with Crippen molar-refractivity contribution in [2.45, 2.75) is 32.9 Å². The lowest BCUT2D eigenvalue weighted by atomic mass is 9.71. The zero-order valence-electron chi connectivity index (χ0n) is 24.4. The molecule has 0 radical (unpaired) electrons. The van der Waals surface area contributed by atoms with Crippen molar-refractivity contribution in [3.8, 4) is 0 Å². The summed E-state index contributed by atoms with van der Waals surface area (Å²) in [7, 11) is 0. The number of rotatable bonds is 10. The maximum Gasteiger partial charge on any atom is 0.416 e. The average Bonchev–Trinajstić information content (AvgIpc) is 3.44. The molecule has 3 heterocycles. The molecule has 3 fully saturated rings. The van der Waals surface area contributed by atoms with Gasteiger partial charge in [0.15, 0.2) is 0 Å². The molecule has 2 aromatic rings. The number of nitrogens with zero attached hydrogens (tertiary/aromatic N) is 5. The molecule has 2 saturated heterocycles. The number of aliphatic imine (C=N–C) groups is 1. The van der Waals surface area contributed by atoms with E-state index >= 15 is 0 Å². The zero-order valence-corrected chi connectivity index (χ0v) is 24.4. The van der Waals surface area contributed by atoms with Gasteiger partial charge in [0, 0.05) is 55.8 Å². The lowest BCUT2D eigenvalue weighted by Gasteiger charge is -2.51. The molecule has 1 aromatic carbocycles. The quantitative estimate of drug-likeness (QED) is 0.290. The molecule has 2 amide bonds. The van der Waals surface area contributed by atoms with Crippen LogP contribution < -0.4 is 0 Å². The Labute approximate surface area is 249 Å². The molecule has 5 rings (SSSR count). The highest BCUT2D eigenvalue weighted by atomic mass is 19.4. The van der Waals surface area contributed by atoms with Crippen LogP contribution >= 0.6 is 0 Å². The topological polar surface area (TPSA) is 88.0 Å². The Morgan fingerprint density at radius 3 is 2.44 bits per heavy atom. The van der Waals surface area contributed by atoms with Gasteiger partial charge in [0.05, 0.1) is 30.7 Å².